The van der Waals surface area contributed by atoms with Gasteiger partial charge >= 0.3 is 5.97 Å². The number of hydrogen-bond donors (Lipinski definition) is 1. The van der Waals surface area contributed by atoms with E-state index in [1.807, 2.05) is 25.1 Å². The Bertz CT molecular complexity index is 668. The number of rotatable bonds is 8. The SMILES string of the molecule is COC(=O)c1ccc(OCCCCOc2cc(N)ccc2C)cc1. The predicted molar refractivity (Wildman–Crippen MR) is 93.6 cm³/mol. The summed E-state index contributed by atoms with van der Waals surface area (Å²) in [6.45, 7) is 3.21. The fourth-order valence-electron chi connectivity index (χ4n) is 2.15. The molecular weight excluding hydrogens is 306 g/mol. The van der Waals surface area contributed by atoms with E-state index in [1.165, 1.54) is 7.11 Å². The van der Waals surface area contributed by atoms with Gasteiger partial charge in [-0.1, -0.05) is 6.07 Å². The summed E-state index contributed by atoms with van der Waals surface area (Å²) in [4.78, 5) is 11.3. The van der Waals surface area contributed by atoms with Gasteiger partial charge in [-0.2, -0.15) is 0 Å². The summed E-state index contributed by atoms with van der Waals surface area (Å²) in [6.07, 6.45) is 1.76. The van der Waals surface area contributed by atoms with Crippen molar-refractivity contribution in [3.63, 3.8) is 0 Å². The highest BCUT2D eigenvalue weighted by Crippen LogP contribution is 2.21. The molecule has 5 heteroatoms. The van der Waals surface area contributed by atoms with Crippen LogP contribution in [0, 0.1) is 6.92 Å². The summed E-state index contributed by atoms with van der Waals surface area (Å²) in [5, 5.41) is 0. The fourth-order valence-corrected chi connectivity index (χ4v) is 2.15. The number of nitrogens with two attached hydrogens (primary N) is 1. The molecule has 0 saturated heterocycles. The number of methoxy groups -OCH3 is 1. The fraction of sp³-hybridized carbons (Fsp3) is 0.316. The van der Waals surface area contributed by atoms with E-state index in [2.05, 4.69) is 4.74 Å². The number of esters is 1. The van der Waals surface area contributed by atoms with Crippen LogP contribution in [0.3, 0.4) is 0 Å². The Hall–Kier alpha value is -2.69. The number of anilines is 1. The molecule has 0 unspecified atom stereocenters. The monoisotopic (exact) mass is 329 g/mol. The van der Waals surface area contributed by atoms with Gasteiger partial charge in [0, 0.05) is 11.8 Å². The molecule has 0 bridgehead atoms. The Labute approximate surface area is 142 Å². The maximum absolute atomic E-state index is 11.3. The van der Waals surface area contributed by atoms with Crippen LogP contribution in [0.15, 0.2) is 42.5 Å². The van der Waals surface area contributed by atoms with Crippen LogP contribution in [0.25, 0.3) is 0 Å². The van der Waals surface area contributed by atoms with Crippen molar-refractivity contribution in [1.82, 2.24) is 0 Å². The van der Waals surface area contributed by atoms with Gasteiger partial charge < -0.3 is 19.9 Å². The third-order valence-corrected chi connectivity index (χ3v) is 3.55. The highest BCUT2D eigenvalue weighted by molar-refractivity contribution is 5.89. The minimum atomic E-state index is -0.351. The van der Waals surface area contributed by atoms with Crippen LogP contribution >= 0.6 is 0 Å². The Morgan fingerprint density at radius 2 is 1.67 bits per heavy atom. The van der Waals surface area contributed by atoms with Crippen LogP contribution in [-0.4, -0.2) is 26.3 Å². The minimum Gasteiger partial charge on any atom is -0.494 e. The molecule has 0 aliphatic heterocycles. The zero-order chi connectivity index (χ0) is 17.4. The number of unbranched alkanes of at least 4 members (excludes halogenated alkanes) is 1. The van der Waals surface area contributed by atoms with E-state index in [0.717, 1.165) is 29.9 Å². The predicted octanol–water partition coefficient (Wildman–Crippen LogP) is 3.60. The molecule has 5 nitrogen and oxygen atoms in total. The van der Waals surface area contributed by atoms with Crippen molar-refractivity contribution in [2.75, 3.05) is 26.1 Å². The summed E-state index contributed by atoms with van der Waals surface area (Å²) >= 11 is 0. The third kappa shape index (κ3) is 5.19. The van der Waals surface area contributed by atoms with Gasteiger partial charge in [0.05, 0.1) is 25.9 Å². The normalized spacial score (nSPS) is 10.2. The molecule has 0 aromatic heterocycles. The van der Waals surface area contributed by atoms with Crippen LogP contribution in [-0.2, 0) is 4.74 Å². The van der Waals surface area contributed by atoms with Gasteiger partial charge in [-0.25, -0.2) is 4.79 Å². The standard InChI is InChI=1S/C19H23NO4/c1-14-5-8-16(20)13-18(14)24-12-4-3-11-23-17-9-6-15(7-10-17)19(21)22-2/h5-10,13H,3-4,11-12,20H2,1-2H3. The second-order valence-corrected chi connectivity index (χ2v) is 5.44. The lowest BCUT2D eigenvalue weighted by Gasteiger charge is -2.10. The lowest BCUT2D eigenvalue weighted by atomic mass is 10.2. The average molecular weight is 329 g/mol. The molecule has 0 spiro atoms. The molecule has 0 aliphatic rings. The molecule has 2 N–H and O–H groups in total. The molecular formula is C19H23NO4. The lowest BCUT2D eigenvalue weighted by molar-refractivity contribution is 0.0600. The highest BCUT2D eigenvalue weighted by atomic mass is 16.5. The quantitative estimate of drug-likeness (QED) is 0.455. The number of hydrogen-bond acceptors (Lipinski definition) is 5. The van der Waals surface area contributed by atoms with Crippen LogP contribution in [0.5, 0.6) is 11.5 Å². The Morgan fingerprint density at radius 1 is 1.00 bits per heavy atom. The average Bonchev–Trinajstić information content (AvgIpc) is 2.60. The van der Waals surface area contributed by atoms with Crippen LogP contribution in [0.2, 0.25) is 0 Å². The summed E-state index contributed by atoms with van der Waals surface area (Å²) in [6, 6.07) is 12.6. The van der Waals surface area contributed by atoms with Crippen LogP contribution in [0.1, 0.15) is 28.8 Å². The van der Waals surface area contributed by atoms with Crippen molar-refractivity contribution in [2.24, 2.45) is 0 Å². The molecule has 128 valence electrons. The second kappa shape index (κ2) is 8.82. The number of aryl methyl sites for hydroxylation is 1. The van der Waals surface area contributed by atoms with Crippen LogP contribution in [0.4, 0.5) is 5.69 Å². The van der Waals surface area contributed by atoms with E-state index >= 15 is 0 Å². The minimum absolute atomic E-state index is 0.351. The Balaban J connectivity index is 1.66. The molecule has 2 aromatic rings. The van der Waals surface area contributed by atoms with E-state index in [0.29, 0.717) is 24.5 Å². The zero-order valence-corrected chi connectivity index (χ0v) is 14.1. The van der Waals surface area contributed by atoms with Crippen LogP contribution < -0.4 is 15.2 Å². The first kappa shape index (κ1) is 17.7. The molecule has 0 saturated carbocycles. The van der Waals surface area contributed by atoms with Gasteiger partial charge in [0.15, 0.2) is 0 Å². The van der Waals surface area contributed by atoms with E-state index in [1.54, 1.807) is 24.3 Å². The molecule has 2 rings (SSSR count). The van der Waals surface area contributed by atoms with Crippen molar-refractivity contribution in [3.05, 3.63) is 53.6 Å². The molecule has 24 heavy (non-hydrogen) atoms. The Kier molecular flexibility index (Phi) is 6.49. The number of ether oxygens (including phenoxy) is 3. The van der Waals surface area contributed by atoms with Gasteiger partial charge in [0.2, 0.25) is 0 Å². The van der Waals surface area contributed by atoms with E-state index in [4.69, 9.17) is 15.2 Å². The van der Waals surface area contributed by atoms with Crippen molar-refractivity contribution in [1.29, 1.82) is 0 Å². The highest BCUT2D eigenvalue weighted by Gasteiger charge is 2.04. The first-order valence-corrected chi connectivity index (χ1v) is 7.90. The van der Waals surface area contributed by atoms with E-state index in [9.17, 15) is 4.79 Å². The summed E-state index contributed by atoms with van der Waals surface area (Å²) in [5.41, 5.74) is 8.04. The zero-order valence-electron chi connectivity index (χ0n) is 14.1. The third-order valence-electron chi connectivity index (χ3n) is 3.55. The maximum atomic E-state index is 11.3. The van der Waals surface area contributed by atoms with Gasteiger partial charge in [0.25, 0.3) is 0 Å². The summed E-state index contributed by atoms with van der Waals surface area (Å²) < 4.78 is 16.0. The number of benzene rings is 2. The number of carbonyl (C=O) groups is 1. The second-order valence-electron chi connectivity index (χ2n) is 5.44. The summed E-state index contributed by atoms with van der Waals surface area (Å²) in [7, 11) is 1.36. The first-order chi connectivity index (χ1) is 11.6. The number of nitrogen functional groups attached to an aromatic ring is 1. The topological polar surface area (TPSA) is 70.8 Å². The van der Waals surface area contributed by atoms with Crippen molar-refractivity contribution in [3.8, 4) is 11.5 Å². The molecule has 2 aromatic carbocycles. The van der Waals surface area contributed by atoms with Gasteiger partial charge in [0.1, 0.15) is 11.5 Å². The molecule has 0 heterocycles. The molecule has 0 aliphatic carbocycles. The van der Waals surface area contributed by atoms with Crippen molar-refractivity contribution < 1.29 is 19.0 Å². The first-order valence-electron chi connectivity index (χ1n) is 7.90. The maximum Gasteiger partial charge on any atom is 0.337 e. The van der Waals surface area contributed by atoms with Gasteiger partial charge in [-0.15, -0.1) is 0 Å². The molecule has 0 amide bonds. The molecule has 0 fully saturated rings. The smallest absolute Gasteiger partial charge is 0.337 e. The Morgan fingerprint density at radius 3 is 2.33 bits per heavy atom. The summed E-state index contributed by atoms with van der Waals surface area (Å²) in [5.74, 6) is 1.21. The van der Waals surface area contributed by atoms with E-state index < -0.39 is 0 Å². The van der Waals surface area contributed by atoms with Crippen molar-refractivity contribution >= 4 is 11.7 Å². The largest absolute Gasteiger partial charge is 0.494 e. The molecule has 0 atom stereocenters. The molecule has 0 radical (unpaired) electrons. The van der Waals surface area contributed by atoms with Gasteiger partial charge in [-0.05, 0) is 55.7 Å². The number of carbonyl (C=O) groups excluding carboxylic acids is 1. The van der Waals surface area contributed by atoms with Gasteiger partial charge in [-0.3, -0.25) is 0 Å². The van der Waals surface area contributed by atoms with Crippen molar-refractivity contribution in [2.45, 2.75) is 19.8 Å². The van der Waals surface area contributed by atoms with E-state index in [-0.39, 0.29) is 5.97 Å². The lowest BCUT2D eigenvalue weighted by Crippen LogP contribution is -2.04.